The number of fused-ring (bicyclic) bond motifs is 1. The van der Waals surface area contributed by atoms with Gasteiger partial charge in [-0.25, -0.2) is 0 Å². The fraction of sp³-hybridized carbons (Fsp3) is 0.111. The highest BCUT2D eigenvalue weighted by Gasteiger charge is 2.02. The van der Waals surface area contributed by atoms with Crippen LogP contribution >= 0.6 is 0 Å². The van der Waals surface area contributed by atoms with Crippen LogP contribution in [0.4, 0.5) is 5.69 Å². The molecule has 2 aromatic rings. The molecule has 1 aromatic heterocycles. The number of nitrogens with two attached hydrogens (primary N) is 1. The van der Waals surface area contributed by atoms with Gasteiger partial charge >= 0.3 is 0 Å². The van der Waals surface area contributed by atoms with Gasteiger partial charge < -0.3 is 15.5 Å². The standard InChI is InChI=1S/C9H10N2O/c1-12-9-5-6(10)4-8-7(9)2-3-11-8/h2-5,11H,10H2,1H3. The number of anilines is 1. The zero-order valence-corrected chi connectivity index (χ0v) is 6.79. The topological polar surface area (TPSA) is 51.0 Å². The number of hydrogen-bond acceptors (Lipinski definition) is 2. The van der Waals surface area contributed by atoms with Crippen LogP contribution in [0.2, 0.25) is 0 Å². The minimum Gasteiger partial charge on any atom is -0.496 e. The fourth-order valence-corrected chi connectivity index (χ4v) is 1.32. The van der Waals surface area contributed by atoms with Crippen LogP contribution < -0.4 is 10.5 Å². The van der Waals surface area contributed by atoms with E-state index in [1.807, 2.05) is 24.4 Å². The number of hydrogen-bond donors (Lipinski definition) is 2. The van der Waals surface area contributed by atoms with E-state index in [0.717, 1.165) is 16.7 Å². The Hall–Kier alpha value is -1.64. The number of benzene rings is 1. The molecule has 0 aliphatic carbocycles. The van der Waals surface area contributed by atoms with Crippen molar-refractivity contribution in [1.29, 1.82) is 0 Å². The molecule has 3 heteroatoms. The highest BCUT2D eigenvalue weighted by atomic mass is 16.5. The maximum Gasteiger partial charge on any atom is 0.130 e. The summed E-state index contributed by atoms with van der Waals surface area (Å²) in [6, 6.07) is 5.67. The third kappa shape index (κ3) is 0.906. The monoisotopic (exact) mass is 162 g/mol. The van der Waals surface area contributed by atoms with E-state index >= 15 is 0 Å². The normalized spacial score (nSPS) is 10.4. The van der Waals surface area contributed by atoms with E-state index in [0.29, 0.717) is 5.69 Å². The molecule has 1 heterocycles. The molecule has 0 bridgehead atoms. The van der Waals surface area contributed by atoms with Gasteiger partial charge in [-0.3, -0.25) is 0 Å². The minimum atomic E-state index is 0.710. The second-order valence-electron chi connectivity index (χ2n) is 2.66. The van der Waals surface area contributed by atoms with Crippen molar-refractivity contribution in [2.24, 2.45) is 0 Å². The van der Waals surface area contributed by atoms with Crippen LogP contribution in [0.1, 0.15) is 0 Å². The van der Waals surface area contributed by atoms with E-state index in [1.54, 1.807) is 7.11 Å². The first-order valence-electron chi connectivity index (χ1n) is 3.72. The highest BCUT2D eigenvalue weighted by molar-refractivity contribution is 5.88. The zero-order chi connectivity index (χ0) is 8.55. The summed E-state index contributed by atoms with van der Waals surface area (Å²) in [4.78, 5) is 3.08. The van der Waals surface area contributed by atoms with Gasteiger partial charge in [0.25, 0.3) is 0 Å². The smallest absolute Gasteiger partial charge is 0.130 e. The Morgan fingerprint density at radius 1 is 1.42 bits per heavy atom. The number of rotatable bonds is 1. The molecule has 0 atom stereocenters. The Balaban J connectivity index is 2.80. The van der Waals surface area contributed by atoms with Crippen LogP contribution in [-0.4, -0.2) is 12.1 Å². The van der Waals surface area contributed by atoms with Gasteiger partial charge in [0.2, 0.25) is 0 Å². The van der Waals surface area contributed by atoms with Gasteiger partial charge in [-0.2, -0.15) is 0 Å². The van der Waals surface area contributed by atoms with Gasteiger partial charge in [0.15, 0.2) is 0 Å². The van der Waals surface area contributed by atoms with E-state index in [-0.39, 0.29) is 0 Å². The zero-order valence-electron chi connectivity index (χ0n) is 6.79. The average molecular weight is 162 g/mol. The van der Waals surface area contributed by atoms with Gasteiger partial charge in [-0.15, -0.1) is 0 Å². The molecule has 3 N–H and O–H groups in total. The number of nitrogens with one attached hydrogen (secondary N) is 1. The molecule has 12 heavy (non-hydrogen) atoms. The molecule has 0 aliphatic rings. The quantitative estimate of drug-likeness (QED) is 0.628. The molecule has 0 aliphatic heterocycles. The molecular formula is C9H10N2O. The SMILES string of the molecule is COc1cc(N)cc2[nH]ccc12. The predicted molar refractivity (Wildman–Crippen MR) is 49.3 cm³/mol. The maximum atomic E-state index is 5.66. The third-order valence-electron chi connectivity index (χ3n) is 1.87. The van der Waals surface area contributed by atoms with Gasteiger partial charge in [-0.1, -0.05) is 0 Å². The Morgan fingerprint density at radius 2 is 2.25 bits per heavy atom. The third-order valence-corrected chi connectivity index (χ3v) is 1.87. The van der Waals surface area contributed by atoms with Gasteiger partial charge in [0.1, 0.15) is 5.75 Å². The number of methoxy groups -OCH3 is 1. The number of nitrogen functional groups attached to an aromatic ring is 1. The van der Waals surface area contributed by atoms with Crippen molar-refractivity contribution in [2.75, 3.05) is 12.8 Å². The van der Waals surface area contributed by atoms with Crippen LogP contribution in [-0.2, 0) is 0 Å². The molecule has 0 amide bonds. The Kier molecular flexibility index (Phi) is 1.43. The maximum absolute atomic E-state index is 5.66. The van der Waals surface area contributed by atoms with Gasteiger partial charge in [-0.05, 0) is 12.1 Å². The van der Waals surface area contributed by atoms with Crippen LogP contribution in [0, 0.1) is 0 Å². The van der Waals surface area contributed by atoms with Crippen molar-refractivity contribution in [2.45, 2.75) is 0 Å². The number of ether oxygens (including phenoxy) is 1. The van der Waals surface area contributed by atoms with E-state index in [4.69, 9.17) is 10.5 Å². The molecule has 0 saturated carbocycles. The Bertz CT molecular complexity index is 406. The first-order chi connectivity index (χ1) is 5.81. The van der Waals surface area contributed by atoms with Gasteiger partial charge in [0, 0.05) is 23.3 Å². The van der Waals surface area contributed by atoms with Crippen molar-refractivity contribution in [3.8, 4) is 5.75 Å². The molecule has 0 radical (unpaired) electrons. The van der Waals surface area contributed by atoms with E-state index in [1.165, 1.54) is 0 Å². The average Bonchev–Trinajstić information content (AvgIpc) is 2.50. The van der Waals surface area contributed by atoms with Gasteiger partial charge in [0.05, 0.1) is 12.6 Å². The number of aromatic nitrogens is 1. The molecule has 0 fully saturated rings. The summed E-state index contributed by atoms with van der Waals surface area (Å²) in [6.07, 6.45) is 1.87. The molecule has 62 valence electrons. The molecule has 0 unspecified atom stereocenters. The second-order valence-corrected chi connectivity index (χ2v) is 2.66. The summed E-state index contributed by atoms with van der Waals surface area (Å²) in [5.41, 5.74) is 7.38. The lowest BCUT2D eigenvalue weighted by molar-refractivity contribution is 0.420. The Labute approximate surface area is 70.1 Å². The lowest BCUT2D eigenvalue weighted by Gasteiger charge is -2.02. The van der Waals surface area contributed by atoms with E-state index < -0.39 is 0 Å². The summed E-state index contributed by atoms with van der Waals surface area (Å²) in [7, 11) is 1.64. The van der Waals surface area contributed by atoms with Crippen LogP contribution in [0.25, 0.3) is 10.9 Å². The first kappa shape index (κ1) is 7.03. The lowest BCUT2D eigenvalue weighted by atomic mass is 10.2. The fourth-order valence-electron chi connectivity index (χ4n) is 1.32. The summed E-state index contributed by atoms with van der Waals surface area (Å²) >= 11 is 0. The van der Waals surface area contributed by atoms with Crippen LogP contribution in [0.3, 0.4) is 0 Å². The van der Waals surface area contributed by atoms with E-state index in [2.05, 4.69) is 4.98 Å². The number of aromatic amines is 1. The van der Waals surface area contributed by atoms with E-state index in [9.17, 15) is 0 Å². The van der Waals surface area contributed by atoms with Crippen molar-refractivity contribution >= 4 is 16.6 Å². The summed E-state index contributed by atoms with van der Waals surface area (Å²) in [5.74, 6) is 0.811. The van der Waals surface area contributed by atoms with Crippen LogP contribution in [0.15, 0.2) is 24.4 Å². The lowest BCUT2D eigenvalue weighted by Crippen LogP contribution is -1.88. The minimum absolute atomic E-state index is 0.710. The molecule has 1 aromatic carbocycles. The first-order valence-corrected chi connectivity index (χ1v) is 3.72. The molecule has 2 rings (SSSR count). The van der Waals surface area contributed by atoms with Crippen molar-refractivity contribution in [3.63, 3.8) is 0 Å². The molecule has 0 saturated heterocycles. The van der Waals surface area contributed by atoms with Crippen molar-refractivity contribution in [3.05, 3.63) is 24.4 Å². The molecular weight excluding hydrogens is 152 g/mol. The summed E-state index contributed by atoms with van der Waals surface area (Å²) < 4.78 is 5.17. The Morgan fingerprint density at radius 3 is 3.00 bits per heavy atom. The number of H-pyrrole nitrogens is 1. The highest BCUT2D eigenvalue weighted by Crippen LogP contribution is 2.27. The van der Waals surface area contributed by atoms with Crippen molar-refractivity contribution in [1.82, 2.24) is 4.98 Å². The summed E-state index contributed by atoms with van der Waals surface area (Å²) in [5, 5.41) is 1.06. The van der Waals surface area contributed by atoms with Crippen molar-refractivity contribution < 1.29 is 4.74 Å². The predicted octanol–water partition coefficient (Wildman–Crippen LogP) is 1.76. The largest absolute Gasteiger partial charge is 0.496 e. The second kappa shape index (κ2) is 2.44. The van der Waals surface area contributed by atoms with Crippen LogP contribution in [0.5, 0.6) is 5.75 Å². The molecule has 0 spiro atoms. The summed E-state index contributed by atoms with van der Waals surface area (Å²) in [6.45, 7) is 0. The molecule has 3 nitrogen and oxygen atoms in total.